The van der Waals surface area contributed by atoms with Crippen molar-refractivity contribution in [2.45, 2.75) is 55.8 Å². The van der Waals surface area contributed by atoms with Crippen molar-refractivity contribution >= 4 is 26.0 Å². The molecule has 0 bridgehead atoms. The molecule has 8 nitrogen and oxygen atoms in total. The van der Waals surface area contributed by atoms with Gasteiger partial charge in [-0.15, -0.1) is 0 Å². The van der Waals surface area contributed by atoms with Gasteiger partial charge < -0.3 is 9.64 Å². The lowest BCUT2D eigenvalue weighted by molar-refractivity contribution is 0.0768. The molecule has 1 aliphatic heterocycles. The zero-order valence-corrected chi connectivity index (χ0v) is 24.9. The zero-order chi connectivity index (χ0) is 29.1. The molecule has 40 heavy (non-hydrogen) atoms. The zero-order valence-electron chi connectivity index (χ0n) is 23.3. The number of carbonyl (C=O) groups excluding carboxylic acids is 1. The average molecular weight is 585 g/mol. The Hall–Kier alpha value is -3.21. The molecule has 1 saturated heterocycles. The molecule has 10 heteroatoms. The van der Waals surface area contributed by atoms with Crippen LogP contribution in [0.25, 0.3) is 0 Å². The first-order valence-corrected chi connectivity index (χ1v) is 16.3. The average Bonchev–Trinajstić information content (AvgIpc) is 2.90. The number of hydrogen-bond acceptors (Lipinski definition) is 6. The number of rotatable bonds is 8. The molecule has 1 atom stereocenters. The van der Waals surface area contributed by atoms with E-state index in [1.807, 2.05) is 26.0 Å². The number of carbonyl (C=O) groups is 1. The molecular formula is C30H36N2O6S2. The number of likely N-dealkylation sites (tertiary alicyclic amines) is 1. The van der Waals surface area contributed by atoms with E-state index in [2.05, 4.69) is 4.72 Å². The quantitative estimate of drug-likeness (QED) is 0.389. The first-order chi connectivity index (χ1) is 18.9. The van der Waals surface area contributed by atoms with E-state index in [-0.39, 0.29) is 17.4 Å². The third kappa shape index (κ3) is 6.74. The Morgan fingerprint density at radius 1 is 0.875 bits per heavy atom. The minimum absolute atomic E-state index is 0.0334. The molecule has 0 aromatic heterocycles. The first kappa shape index (κ1) is 29.8. The van der Waals surface area contributed by atoms with Crippen LogP contribution >= 0.6 is 0 Å². The number of sulfone groups is 1. The van der Waals surface area contributed by atoms with E-state index in [1.165, 1.54) is 17.0 Å². The second-order valence-corrected chi connectivity index (χ2v) is 14.2. The van der Waals surface area contributed by atoms with Gasteiger partial charge in [0.1, 0.15) is 0 Å². The summed E-state index contributed by atoms with van der Waals surface area (Å²) >= 11 is 0. The summed E-state index contributed by atoms with van der Waals surface area (Å²) in [6.07, 6.45) is 0.406. The summed E-state index contributed by atoms with van der Waals surface area (Å²) < 4.78 is 61.5. The monoisotopic (exact) mass is 584 g/mol. The number of nitrogens with zero attached hydrogens (tertiary/aromatic N) is 1. The number of piperidine rings is 1. The Morgan fingerprint density at radius 2 is 1.45 bits per heavy atom. The fraction of sp³-hybridized carbons (Fsp3) is 0.367. The fourth-order valence-electron chi connectivity index (χ4n) is 5.15. The second-order valence-electron chi connectivity index (χ2n) is 10.5. The molecule has 4 rings (SSSR count). The van der Waals surface area contributed by atoms with Crippen LogP contribution in [-0.2, 0) is 24.6 Å². The summed E-state index contributed by atoms with van der Waals surface area (Å²) in [5, 5.41) is 0. The molecular weight excluding hydrogens is 548 g/mol. The number of aryl methyl sites for hydroxylation is 4. The summed E-state index contributed by atoms with van der Waals surface area (Å²) in [5.41, 5.74) is 2.21. The SMILES string of the molecule is Cc1ccc(S(=O)(=O)C(OC(=O)N2CCC(CNS(=O)(=O)c3c(C)cc(C)cc3C)CC2)c2ccccc2)cc1. The highest BCUT2D eigenvalue weighted by molar-refractivity contribution is 7.91. The molecule has 0 spiro atoms. The van der Waals surface area contributed by atoms with Gasteiger partial charge in [0.2, 0.25) is 25.3 Å². The predicted octanol–water partition coefficient (Wildman–Crippen LogP) is 5.22. The number of benzene rings is 3. The fourth-order valence-corrected chi connectivity index (χ4v) is 8.20. The molecule has 0 radical (unpaired) electrons. The first-order valence-electron chi connectivity index (χ1n) is 13.3. The standard InChI is InChI=1S/C30H36N2O6S2/c1-21-10-12-27(13-11-21)39(34,35)29(26-8-6-5-7-9-26)38-30(33)32-16-14-25(15-17-32)20-31-40(36,37)28-23(3)18-22(2)19-24(28)4/h5-13,18-19,25,29,31H,14-17,20H2,1-4H3. The second kappa shape index (κ2) is 12.1. The summed E-state index contributed by atoms with van der Waals surface area (Å²) in [7, 11) is -7.70. The molecule has 1 unspecified atom stereocenters. The van der Waals surface area contributed by atoms with E-state index in [9.17, 15) is 21.6 Å². The van der Waals surface area contributed by atoms with Gasteiger partial charge in [0, 0.05) is 25.2 Å². The molecule has 1 fully saturated rings. The lowest BCUT2D eigenvalue weighted by Gasteiger charge is -2.32. The van der Waals surface area contributed by atoms with Gasteiger partial charge in [0.15, 0.2) is 0 Å². The Morgan fingerprint density at radius 3 is 2.02 bits per heavy atom. The van der Waals surface area contributed by atoms with E-state index < -0.39 is 31.4 Å². The van der Waals surface area contributed by atoms with E-state index in [0.29, 0.717) is 47.5 Å². The highest BCUT2D eigenvalue weighted by Gasteiger charge is 2.35. The summed E-state index contributed by atoms with van der Waals surface area (Å²) in [5.74, 6) is 0.0334. The van der Waals surface area contributed by atoms with Gasteiger partial charge in [-0.1, -0.05) is 65.7 Å². The van der Waals surface area contributed by atoms with Gasteiger partial charge in [-0.05, 0) is 69.7 Å². The van der Waals surface area contributed by atoms with Crippen molar-refractivity contribution in [3.05, 3.63) is 94.5 Å². The lowest BCUT2D eigenvalue weighted by Crippen LogP contribution is -2.42. The van der Waals surface area contributed by atoms with E-state index in [1.54, 1.807) is 56.3 Å². The normalized spacial score (nSPS) is 15.6. The van der Waals surface area contributed by atoms with Gasteiger partial charge >= 0.3 is 6.09 Å². The molecule has 1 aliphatic rings. The Labute approximate surface area is 237 Å². The molecule has 0 saturated carbocycles. The van der Waals surface area contributed by atoms with Crippen LogP contribution in [0.4, 0.5) is 4.79 Å². The van der Waals surface area contributed by atoms with Gasteiger partial charge in [0.25, 0.3) is 0 Å². The van der Waals surface area contributed by atoms with Crippen molar-refractivity contribution < 1.29 is 26.4 Å². The number of sulfonamides is 1. The van der Waals surface area contributed by atoms with Crippen LogP contribution in [0.5, 0.6) is 0 Å². The lowest BCUT2D eigenvalue weighted by atomic mass is 9.97. The smallest absolute Gasteiger partial charge is 0.411 e. The molecule has 3 aromatic carbocycles. The number of nitrogens with one attached hydrogen (secondary N) is 1. The van der Waals surface area contributed by atoms with Crippen molar-refractivity contribution in [3.8, 4) is 0 Å². The highest BCUT2D eigenvalue weighted by Crippen LogP contribution is 2.32. The van der Waals surface area contributed by atoms with Gasteiger partial charge in [-0.2, -0.15) is 0 Å². The van der Waals surface area contributed by atoms with Gasteiger partial charge in [-0.25, -0.2) is 26.4 Å². The topological polar surface area (TPSA) is 110 Å². The van der Waals surface area contributed by atoms with Crippen molar-refractivity contribution in [2.24, 2.45) is 5.92 Å². The highest BCUT2D eigenvalue weighted by atomic mass is 32.2. The van der Waals surface area contributed by atoms with Crippen molar-refractivity contribution in [2.75, 3.05) is 19.6 Å². The van der Waals surface area contributed by atoms with Crippen LogP contribution in [0.2, 0.25) is 0 Å². The van der Waals surface area contributed by atoms with Gasteiger partial charge in [-0.3, -0.25) is 0 Å². The van der Waals surface area contributed by atoms with Crippen LogP contribution in [0.15, 0.2) is 76.5 Å². The van der Waals surface area contributed by atoms with Gasteiger partial charge in [0.05, 0.1) is 9.79 Å². The minimum atomic E-state index is -4.02. The molecule has 0 aliphatic carbocycles. The van der Waals surface area contributed by atoms with E-state index in [0.717, 1.165) is 11.1 Å². The third-order valence-electron chi connectivity index (χ3n) is 7.22. The predicted molar refractivity (Wildman–Crippen MR) is 154 cm³/mol. The third-order valence-corrected chi connectivity index (χ3v) is 10.8. The van der Waals surface area contributed by atoms with Crippen LogP contribution < -0.4 is 4.72 Å². The maximum Gasteiger partial charge on any atom is 0.411 e. The van der Waals surface area contributed by atoms with Crippen molar-refractivity contribution in [3.63, 3.8) is 0 Å². The molecule has 1 heterocycles. The Kier molecular flexibility index (Phi) is 9.02. The largest absolute Gasteiger partial charge is 0.424 e. The van der Waals surface area contributed by atoms with E-state index in [4.69, 9.17) is 4.74 Å². The number of hydrogen-bond donors (Lipinski definition) is 1. The summed E-state index contributed by atoms with van der Waals surface area (Å²) in [4.78, 5) is 15.0. The molecule has 1 N–H and O–H groups in total. The maximum atomic E-state index is 13.5. The minimum Gasteiger partial charge on any atom is -0.424 e. The Bertz CT molecular complexity index is 1540. The Balaban J connectivity index is 1.41. The molecule has 3 aromatic rings. The van der Waals surface area contributed by atoms with E-state index >= 15 is 0 Å². The summed E-state index contributed by atoms with van der Waals surface area (Å²) in [6, 6.07) is 18.6. The summed E-state index contributed by atoms with van der Waals surface area (Å²) in [6.45, 7) is 8.31. The molecule has 214 valence electrons. The van der Waals surface area contributed by atoms with Crippen molar-refractivity contribution in [1.29, 1.82) is 0 Å². The van der Waals surface area contributed by atoms with Crippen LogP contribution in [0, 0.1) is 33.6 Å². The van der Waals surface area contributed by atoms with Crippen LogP contribution in [-0.4, -0.2) is 47.5 Å². The number of ether oxygens (including phenoxy) is 1. The van der Waals surface area contributed by atoms with Crippen LogP contribution in [0.1, 0.15) is 46.1 Å². The number of amides is 1. The molecule has 1 amide bonds. The van der Waals surface area contributed by atoms with Crippen LogP contribution in [0.3, 0.4) is 0 Å². The van der Waals surface area contributed by atoms with Crippen molar-refractivity contribution in [1.82, 2.24) is 9.62 Å². The maximum absolute atomic E-state index is 13.5.